The quantitative estimate of drug-likeness (QED) is 0.788. The van der Waals surface area contributed by atoms with E-state index >= 15 is 0 Å². The minimum absolute atomic E-state index is 0.232. The molecule has 1 aliphatic heterocycles. The summed E-state index contributed by atoms with van der Waals surface area (Å²) in [4.78, 5) is 20.2. The Hall–Kier alpha value is -3.48. The molecule has 2 aromatic rings. The normalized spacial score (nSPS) is 19.0. The molecule has 7 nitrogen and oxygen atoms in total. The van der Waals surface area contributed by atoms with Gasteiger partial charge in [0.1, 0.15) is 0 Å². The van der Waals surface area contributed by atoms with E-state index in [4.69, 9.17) is 10.00 Å². The summed E-state index contributed by atoms with van der Waals surface area (Å²) in [6.45, 7) is 4.34. The second-order valence-electron chi connectivity index (χ2n) is 7.36. The van der Waals surface area contributed by atoms with Crippen LogP contribution in [-0.4, -0.2) is 48.2 Å². The van der Waals surface area contributed by atoms with E-state index in [1.54, 1.807) is 23.1 Å². The SMILES string of the molecule is COc1ccc(NC(=O)N2C[C@@H](C)N(c3ccc(C#N)c(C(F)(F)F)c3)C[C@@H]2C)cn1. The molecule has 1 aromatic carbocycles. The molecule has 0 radical (unpaired) electrons. The van der Waals surface area contributed by atoms with E-state index in [-0.39, 0.29) is 18.1 Å². The van der Waals surface area contributed by atoms with Crippen molar-refractivity contribution in [3.8, 4) is 11.9 Å². The van der Waals surface area contributed by atoms with Crippen molar-refractivity contribution in [2.75, 3.05) is 30.4 Å². The number of rotatable bonds is 3. The van der Waals surface area contributed by atoms with Gasteiger partial charge in [0.25, 0.3) is 0 Å². The first-order valence-corrected chi connectivity index (χ1v) is 9.59. The Balaban J connectivity index is 1.75. The Morgan fingerprint density at radius 2 is 1.97 bits per heavy atom. The molecule has 2 amide bonds. The molecule has 0 saturated carbocycles. The van der Waals surface area contributed by atoms with Gasteiger partial charge >= 0.3 is 12.2 Å². The second-order valence-corrected chi connectivity index (χ2v) is 7.36. The van der Waals surface area contributed by atoms with E-state index in [0.717, 1.165) is 6.07 Å². The zero-order valence-corrected chi connectivity index (χ0v) is 17.3. The number of nitriles is 1. The zero-order valence-electron chi connectivity index (χ0n) is 17.3. The highest BCUT2D eigenvalue weighted by Gasteiger charge is 2.36. The molecule has 1 N–H and O–H groups in total. The highest BCUT2D eigenvalue weighted by atomic mass is 19.4. The lowest BCUT2D eigenvalue weighted by molar-refractivity contribution is -0.137. The molecular weight excluding hydrogens is 411 g/mol. The fraction of sp³-hybridized carbons (Fsp3) is 0.381. The van der Waals surface area contributed by atoms with Gasteiger partial charge in [-0.25, -0.2) is 9.78 Å². The predicted molar refractivity (Wildman–Crippen MR) is 109 cm³/mol. The number of pyridine rings is 1. The third-order valence-corrected chi connectivity index (χ3v) is 5.20. The Bertz CT molecular complexity index is 988. The average Bonchev–Trinajstić information content (AvgIpc) is 2.74. The number of alkyl halides is 3. The first-order chi connectivity index (χ1) is 14.6. The minimum atomic E-state index is -4.62. The fourth-order valence-electron chi connectivity index (χ4n) is 3.58. The van der Waals surface area contributed by atoms with Gasteiger partial charge < -0.3 is 19.9 Å². The van der Waals surface area contributed by atoms with Crippen molar-refractivity contribution in [3.05, 3.63) is 47.7 Å². The van der Waals surface area contributed by atoms with Crippen LogP contribution in [0.3, 0.4) is 0 Å². The number of amides is 2. The molecule has 1 aromatic heterocycles. The predicted octanol–water partition coefficient (Wildman–Crippen LogP) is 4.11. The van der Waals surface area contributed by atoms with Gasteiger partial charge in [-0.15, -0.1) is 0 Å². The van der Waals surface area contributed by atoms with Crippen LogP contribution in [0.15, 0.2) is 36.5 Å². The molecule has 10 heteroatoms. The topological polar surface area (TPSA) is 81.5 Å². The molecule has 0 aliphatic carbocycles. The van der Waals surface area contributed by atoms with Crippen molar-refractivity contribution in [2.24, 2.45) is 0 Å². The lowest BCUT2D eigenvalue weighted by atomic mass is 10.0. The van der Waals surface area contributed by atoms with Gasteiger partial charge in [-0.05, 0) is 38.1 Å². The van der Waals surface area contributed by atoms with Crippen LogP contribution in [0.25, 0.3) is 0 Å². The maximum Gasteiger partial charge on any atom is 0.417 e. The molecular formula is C21H22F3N5O2. The van der Waals surface area contributed by atoms with Crippen molar-refractivity contribution in [1.82, 2.24) is 9.88 Å². The Morgan fingerprint density at radius 3 is 2.55 bits per heavy atom. The summed E-state index contributed by atoms with van der Waals surface area (Å²) < 4.78 is 45.0. The van der Waals surface area contributed by atoms with Crippen molar-refractivity contribution in [2.45, 2.75) is 32.1 Å². The van der Waals surface area contributed by atoms with Crippen molar-refractivity contribution in [1.29, 1.82) is 5.26 Å². The van der Waals surface area contributed by atoms with Crippen LogP contribution < -0.4 is 15.0 Å². The van der Waals surface area contributed by atoms with Crippen LogP contribution in [0.1, 0.15) is 25.0 Å². The summed E-state index contributed by atoms with van der Waals surface area (Å²) in [6.07, 6.45) is -3.14. The average molecular weight is 433 g/mol. The van der Waals surface area contributed by atoms with Crippen LogP contribution >= 0.6 is 0 Å². The molecule has 3 rings (SSSR count). The van der Waals surface area contributed by atoms with Crippen molar-refractivity contribution < 1.29 is 22.7 Å². The summed E-state index contributed by atoms with van der Waals surface area (Å²) in [6, 6.07) is 7.78. The smallest absolute Gasteiger partial charge is 0.417 e. The van der Waals surface area contributed by atoms with E-state index in [2.05, 4.69) is 10.3 Å². The van der Waals surface area contributed by atoms with Gasteiger partial charge in [0.15, 0.2) is 0 Å². The molecule has 0 unspecified atom stereocenters. The number of nitrogens with one attached hydrogen (secondary N) is 1. The van der Waals surface area contributed by atoms with Gasteiger partial charge in [0, 0.05) is 36.9 Å². The summed E-state index contributed by atoms with van der Waals surface area (Å²) in [5, 5.41) is 11.8. The number of urea groups is 1. The maximum atomic E-state index is 13.3. The first-order valence-electron chi connectivity index (χ1n) is 9.59. The third kappa shape index (κ3) is 4.82. The molecule has 1 saturated heterocycles. The zero-order chi connectivity index (χ0) is 22.8. The van der Waals surface area contributed by atoms with Crippen LogP contribution in [0, 0.1) is 11.3 Å². The number of halogens is 3. The largest absolute Gasteiger partial charge is 0.481 e. The number of ether oxygens (including phenoxy) is 1. The van der Waals surface area contributed by atoms with E-state index in [1.165, 1.54) is 25.4 Å². The molecule has 2 atom stereocenters. The number of carbonyl (C=O) groups excluding carboxylic acids is 1. The summed E-state index contributed by atoms with van der Waals surface area (Å²) in [7, 11) is 1.49. The first kappa shape index (κ1) is 22.2. The summed E-state index contributed by atoms with van der Waals surface area (Å²) in [5.41, 5.74) is -0.498. The van der Waals surface area contributed by atoms with Crippen LogP contribution in [-0.2, 0) is 6.18 Å². The monoisotopic (exact) mass is 433 g/mol. The summed E-state index contributed by atoms with van der Waals surface area (Å²) in [5.74, 6) is 0.425. The van der Waals surface area contributed by atoms with E-state index < -0.39 is 17.3 Å². The molecule has 2 heterocycles. The minimum Gasteiger partial charge on any atom is -0.481 e. The van der Waals surface area contributed by atoms with E-state index in [9.17, 15) is 18.0 Å². The number of anilines is 2. The Labute approximate surface area is 178 Å². The number of benzene rings is 1. The number of carbonyl (C=O) groups is 1. The Kier molecular flexibility index (Phi) is 6.24. The summed E-state index contributed by atoms with van der Waals surface area (Å²) >= 11 is 0. The van der Waals surface area contributed by atoms with Crippen LogP contribution in [0.4, 0.5) is 29.3 Å². The molecule has 31 heavy (non-hydrogen) atoms. The van der Waals surface area contributed by atoms with Gasteiger partial charge in [-0.2, -0.15) is 18.4 Å². The number of aromatic nitrogens is 1. The standard InChI is InChI=1S/C21H22F3N5O2/c1-13-12-29(20(30)27-16-5-7-19(31-3)26-10-16)14(2)11-28(13)17-6-4-15(9-25)18(8-17)21(22,23)24/h4-8,10,13-14H,11-12H2,1-3H3,(H,27,30)/t13-,14+/m1/s1. The van der Waals surface area contributed by atoms with E-state index in [0.29, 0.717) is 30.3 Å². The van der Waals surface area contributed by atoms with E-state index in [1.807, 2.05) is 18.7 Å². The highest BCUT2D eigenvalue weighted by Crippen LogP contribution is 2.35. The number of nitrogens with zero attached hydrogens (tertiary/aromatic N) is 4. The Morgan fingerprint density at radius 1 is 1.23 bits per heavy atom. The van der Waals surface area contributed by atoms with Gasteiger partial charge in [-0.1, -0.05) is 0 Å². The molecule has 1 fully saturated rings. The fourth-order valence-corrected chi connectivity index (χ4v) is 3.58. The van der Waals surface area contributed by atoms with Gasteiger partial charge in [-0.3, -0.25) is 0 Å². The van der Waals surface area contributed by atoms with Crippen LogP contribution in [0.5, 0.6) is 5.88 Å². The lowest BCUT2D eigenvalue weighted by Crippen LogP contribution is -2.59. The van der Waals surface area contributed by atoms with Gasteiger partial charge in [0.2, 0.25) is 5.88 Å². The molecule has 0 bridgehead atoms. The molecule has 0 spiro atoms. The number of hydrogen-bond donors (Lipinski definition) is 1. The maximum absolute atomic E-state index is 13.3. The second kappa shape index (κ2) is 8.71. The van der Waals surface area contributed by atoms with Crippen LogP contribution in [0.2, 0.25) is 0 Å². The van der Waals surface area contributed by atoms with Crippen molar-refractivity contribution >= 4 is 17.4 Å². The third-order valence-electron chi connectivity index (χ3n) is 5.20. The van der Waals surface area contributed by atoms with Gasteiger partial charge in [0.05, 0.1) is 36.2 Å². The molecule has 1 aliphatic rings. The highest BCUT2D eigenvalue weighted by molar-refractivity contribution is 5.89. The number of methoxy groups -OCH3 is 1. The van der Waals surface area contributed by atoms with Crippen molar-refractivity contribution in [3.63, 3.8) is 0 Å². The number of piperazine rings is 1. The lowest BCUT2D eigenvalue weighted by Gasteiger charge is -2.45. The molecule has 164 valence electrons. The number of hydrogen-bond acceptors (Lipinski definition) is 5.